The largest absolute Gasteiger partial charge is 0.423 e. The lowest BCUT2D eigenvalue weighted by molar-refractivity contribution is 0.565. The van der Waals surface area contributed by atoms with Crippen molar-refractivity contribution in [2.24, 2.45) is 0 Å². The first kappa shape index (κ1) is 48.6. The van der Waals surface area contributed by atoms with Crippen molar-refractivity contribution >= 4 is 0 Å². The number of rotatable bonds is 10. The smallest absolute Gasteiger partial charge is 0.247 e. The van der Waals surface area contributed by atoms with Gasteiger partial charge in [0, 0.05) is 27.7 Å². The molecular weight excluding hydrogens is 909 g/mol. The molecule has 3 aliphatic carbocycles. The molecule has 3 atom stereocenters. The minimum atomic E-state index is -0.434. The van der Waals surface area contributed by atoms with E-state index in [1.54, 1.807) is 0 Å². The molecule has 1 aromatic heterocycles. The topological polar surface area (TPSA) is 38.9 Å². The molecule has 3 nitrogen and oxygen atoms in total. The monoisotopic (exact) mass is 970 g/mol. The Morgan fingerprint density at radius 1 is 0.440 bits per heavy atom. The van der Waals surface area contributed by atoms with Crippen molar-refractivity contribution in [2.45, 2.75) is 61.2 Å². The van der Waals surface area contributed by atoms with E-state index in [1.807, 2.05) is 12.1 Å². The van der Waals surface area contributed by atoms with Crippen LogP contribution in [0.2, 0.25) is 0 Å². The van der Waals surface area contributed by atoms with Gasteiger partial charge in [-0.05, 0) is 103 Å². The average molecular weight is 971 g/mol. The van der Waals surface area contributed by atoms with E-state index in [0.717, 1.165) is 18.4 Å². The van der Waals surface area contributed by atoms with Gasteiger partial charge in [0.1, 0.15) is 0 Å². The first-order chi connectivity index (χ1) is 36.8. The van der Waals surface area contributed by atoms with Crippen LogP contribution < -0.4 is 0 Å². The van der Waals surface area contributed by atoms with Gasteiger partial charge in [0.05, 0.1) is 0 Å². The van der Waals surface area contributed by atoms with Crippen LogP contribution in [0.5, 0.6) is 0 Å². The molecule has 0 saturated heterocycles. The van der Waals surface area contributed by atoms with Crippen LogP contribution in [-0.2, 0) is 21.7 Å². The zero-order valence-corrected chi connectivity index (χ0v) is 43.0. The number of hydrogen-bond donors (Lipinski definition) is 0. The lowest BCUT2D eigenvalue weighted by atomic mass is 9.61. The molecule has 1 heterocycles. The van der Waals surface area contributed by atoms with Crippen LogP contribution in [0, 0.1) is 0 Å². The van der Waals surface area contributed by atoms with E-state index in [2.05, 4.69) is 304 Å². The highest BCUT2D eigenvalue weighted by Crippen LogP contribution is 2.52. The SMILES string of the molecule is C1=CCC(c2ccccc2)(c2ccccc2-c2cc(-c3ccccc3C3(c4ccccc4)C=CC=CC3)cc(C3C=CC=CC3(c3ccccc3)c3ccccc3)c2)C=C1.CC(C)(C)c1ccc(-c2nnco2)cc1. The molecule has 0 bridgehead atoms. The van der Waals surface area contributed by atoms with Gasteiger partial charge in [0.25, 0.3) is 0 Å². The molecule has 3 aliphatic rings. The summed E-state index contributed by atoms with van der Waals surface area (Å²) in [4.78, 5) is 0. The summed E-state index contributed by atoms with van der Waals surface area (Å²) in [5, 5.41) is 7.51. The zero-order valence-electron chi connectivity index (χ0n) is 43.0. The lowest BCUT2D eigenvalue weighted by Crippen LogP contribution is -2.33. The van der Waals surface area contributed by atoms with Crippen LogP contribution in [0.15, 0.2) is 296 Å². The Bertz CT molecular complexity index is 3380. The number of hydrogen-bond acceptors (Lipinski definition) is 3. The summed E-state index contributed by atoms with van der Waals surface area (Å²) in [6.07, 6.45) is 30.8. The summed E-state index contributed by atoms with van der Waals surface area (Å²) in [6.45, 7) is 6.57. The van der Waals surface area contributed by atoms with E-state index in [4.69, 9.17) is 4.42 Å². The van der Waals surface area contributed by atoms with Gasteiger partial charge in [-0.2, -0.15) is 0 Å². The Hall–Kier alpha value is -8.66. The number of allylic oxidation sites excluding steroid dienone is 12. The van der Waals surface area contributed by atoms with Gasteiger partial charge < -0.3 is 4.42 Å². The minimum Gasteiger partial charge on any atom is -0.423 e. The number of benzene rings is 8. The van der Waals surface area contributed by atoms with E-state index in [1.165, 1.54) is 73.2 Å². The van der Waals surface area contributed by atoms with Crippen molar-refractivity contribution in [3.63, 3.8) is 0 Å². The molecule has 0 aliphatic heterocycles. The summed E-state index contributed by atoms with van der Waals surface area (Å²) >= 11 is 0. The number of nitrogens with zero attached hydrogens (tertiary/aromatic N) is 2. The van der Waals surface area contributed by atoms with E-state index >= 15 is 0 Å². The Labute approximate surface area is 443 Å². The highest BCUT2D eigenvalue weighted by molar-refractivity contribution is 5.81. The van der Waals surface area contributed by atoms with Gasteiger partial charge >= 0.3 is 0 Å². The fourth-order valence-corrected chi connectivity index (χ4v) is 11.8. The maximum absolute atomic E-state index is 5.12. The Balaban J connectivity index is 0.000000345. The standard InChI is InChI=1S/C60H48.C12H14N2O/c1-7-25-49(26-8-1)58(38-20-5-21-39-58)56-36-17-15-33-53(56)46-43-47(54-34-16-18-37-57(54)59(40-22-6-23-41-59)50-27-9-2-10-28-50)45-48(44-46)55-35-19-24-42-60(55,51-29-11-3-12-30-51)52-31-13-4-14-32-52;1-12(2,3)10-6-4-9(5-7-10)11-14-13-8-15-11/h1-38,40,42-45,55H,39,41H2;4-8H,1-3H3. The molecule has 3 heteroatoms. The Kier molecular flexibility index (Phi) is 13.6. The average Bonchev–Trinajstić information content (AvgIpc) is 4.05. The molecule has 75 heavy (non-hydrogen) atoms. The van der Waals surface area contributed by atoms with Gasteiger partial charge in [0.15, 0.2) is 0 Å². The van der Waals surface area contributed by atoms with E-state index in [9.17, 15) is 0 Å². The molecule has 0 radical (unpaired) electrons. The maximum atomic E-state index is 5.12. The van der Waals surface area contributed by atoms with Crippen LogP contribution in [0.3, 0.4) is 0 Å². The molecule has 8 aromatic carbocycles. The second kappa shape index (κ2) is 21.1. The molecule has 366 valence electrons. The maximum Gasteiger partial charge on any atom is 0.247 e. The highest BCUT2D eigenvalue weighted by atomic mass is 16.4. The van der Waals surface area contributed by atoms with Crippen LogP contribution in [0.1, 0.15) is 84.0 Å². The first-order valence-corrected chi connectivity index (χ1v) is 26.3. The van der Waals surface area contributed by atoms with Crippen molar-refractivity contribution in [3.05, 3.63) is 336 Å². The van der Waals surface area contributed by atoms with Crippen LogP contribution >= 0.6 is 0 Å². The summed E-state index contributed by atoms with van der Waals surface area (Å²) in [7, 11) is 0. The lowest BCUT2D eigenvalue weighted by Gasteiger charge is -2.41. The third kappa shape index (κ3) is 9.47. The van der Waals surface area contributed by atoms with E-state index in [0.29, 0.717) is 5.89 Å². The fourth-order valence-electron chi connectivity index (χ4n) is 11.8. The van der Waals surface area contributed by atoms with Gasteiger partial charge in [0.2, 0.25) is 12.3 Å². The summed E-state index contributed by atoms with van der Waals surface area (Å²) in [5.74, 6) is 0.571. The molecule has 0 N–H and O–H groups in total. The van der Waals surface area contributed by atoms with Crippen molar-refractivity contribution in [1.82, 2.24) is 10.2 Å². The Morgan fingerprint density at radius 2 is 0.893 bits per heavy atom. The third-order valence-corrected chi connectivity index (χ3v) is 15.6. The van der Waals surface area contributed by atoms with Crippen LogP contribution in [0.25, 0.3) is 33.7 Å². The van der Waals surface area contributed by atoms with Gasteiger partial charge in [-0.25, -0.2) is 0 Å². The van der Waals surface area contributed by atoms with E-state index in [-0.39, 0.29) is 22.2 Å². The molecule has 0 amide bonds. The van der Waals surface area contributed by atoms with Gasteiger partial charge in [-0.1, -0.05) is 288 Å². The second-order valence-corrected chi connectivity index (χ2v) is 21.0. The minimum absolute atomic E-state index is 0.00603. The van der Waals surface area contributed by atoms with Crippen LogP contribution in [0.4, 0.5) is 0 Å². The number of aromatic nitrogens is 2. The predicted molar refractivity (Wildman–Crippen MR) is 311 cm³/mol. The first-order valence-electron chi connectivity index (χ1n) is 26.3. The van der Waals surface area contributed by atoms with Crippen molar-refractivity contribution in [2.75, 3.05) is 0 Å². The van der Waals surface area contributed by atoms with Crippen molar-refractivity contribution in [3.8, 4) is 33.7 Å². The molecule has 0 spiro atoms. The quantitative estimate of drug-likeness (QED) is 0.137. The second-order valence-electron chi connectivity index (χ2n) is 21.0. The Morgan fingerprint density at radius 3 is 1.33 bits per heavy atom. The molecular formula is C72H62N2O. The van der Waals surface area contributed by atoms with Crippen molar-refractivity contribution < 1.29 is 4.42 Å². The zero-order chi connectivity index (χ0) is 51.1. The molecule has 3 unspecified atom stereocenters. The molecule has 12 rings (SSSR count). The predicted octanol–water partition coefficient (Wildman–Crippen LogP) is 17.9. The molecule has 0 saturated carbocycles. The highest BCUT2D eigenvalue weighted by Gasteiger charge is 2.42. The third-order valence-electron chi connectivity index (χ3n) is 15.6. The van der Waals surface area contributed by atoms with Gasteiger partial charge in [-0.15, -0.1) is 10.2 Å². The molecule has 9 aromatic rings. The summed E-state index contributed by atoms with van der Waals surface area (Å²) in [6, 6.07) is 78.3. The summed E-state index contributed by atoms with van der Waals surface area (Å²) in [5.41, 5.74) is 15.4. The van der Waals surface area contributed by atoms with Crippen LogP contribution in [-0.4, -0.2) is 10.2 Å². The normalized spacial score (nSPS) is 19.3. The fraction of sp³-hybridized carbons (Fsp3) is 0.139. The summed E-state index contributed by atoms with van der Waals surface area (Å²) < 4.78 is 5.12. The van der Waals surface area contributed by atoms with E-state index < -0.39 is 5.41 Å². The molecule has 0 fully saturated rings. The van der Waals surface area contributed by atoms with Gasteiger partial charge in [-0.3, -0.25) is 0 Å². The van der Waals surface area contributed by atoms with Crippen molar-refractivity contribution in [1.29, 1.82) is 0 Å².